The smallest absolute Gasteiger partial charge is 0.191 e. The molecule has 1 fully saturated rings. The summed E-state index contributed by atoms with van der Waals surface area (Å²) in [7, 11) is -2.08. The highest BCUT2D eigenvalue weighted by Crippen LogP contribution is 2.15. The number of guanidine groups is 1. The highest BCUT2D eigenvalue weighted by molar-refractivity contribution is 7.91. The van der Waals surface area contributed by atoms with Crippen LogP contribution in [-0.2, 0) is 22.9 Å². The molecule has 8 heteroatoms. The van der Waals surface area contributed by atoms with Crippen LogP contribution in [0.2, 0.25) is 0 Å². The predicted molar refractivity (Wildman–Crippen MR) is 118 cm³/mol. The van der Waals surface area contributed by atoms with Crippen LogP contribution >= 0.6 is 0 Å². The zero-order valence-electron chi connectivity index (χ0n) is 17.3. The van der Waals surface area contributed by atoms with Gasteiger partial charge < -0.3 is 10.6 Å². The highest BCUT2D eigenvalue weighted by atomic mass is 32.2. The first-order valence-electron chi connectivity index (χ1n) is 10.2. The van der Waals surface area contributed by atoms with E-state index >= 15 is 0 Å². The molecule has 30 heavy (non-hydrogen) atoms. The van der Waals surface area contributed by atoms with Crippen LogP contribution in [0.5, 0.6) is 0 Å². The van der Waals surface area contributed by atoms with Gasteiger partial charge in [-0.15, -0.1) is 0 Å². The molecule has 0 bridgehead atoms. The quantitative estimate of drug-likeness (QED) is 0.495. The molecule has 0 saturated carbocycles. The largest absolute Gasteiger partial charge is 0.355 e. The second-order valence-electron chi connectivity index (χ2n) is 7.40. The third-order valence-corrected chi connectivity index (χ3v) is 6.89. The third-order valence-electron chi connectivity index (χ3n) is 5.15. The summed E-state index contributed by atoms with van der Waals surface area (Å²) >= 11 is 0. The van der Waals surface area contributed by atoms with Crippen LogP contribution in [0.15, 0.2) is 58.4 Å². The lowest BCUT2D eigenvalue weighted by molar-refractivity contribution is 0.331. The molecular weight excluding hydrogens is 403 g/mol. The summed E-state index contributed by atoms with van der Waals surface area (Å²) in [5.74, 6) is -0.451. The highest BCUT2D eigenvalue weighted by Gasteiger charge is 2.18. The van der Waals surface area contributed by atoms with Gasteiger partial charge in [0.05, 0.1) is 5.75 Å². The van der Waals surface area contributed by atoms with Gasteiger partial charge >= 0.3 is 0 Å². The Labute approximate surface area is 178 Å². The molecule has 2 aromatic carbocycles. The van der Waals surface area contributed by atoms with E-state index < -0.39 is 15.7 Å². The second-order valence-corrected chi connectivity index (χ2v) is 9.48. The molecule has 1 heterocycles. The summed E-state index contributed by atoms with van der Waals surface area (Å²) in [4.78, 5) is 6.31. The summed E-state index contributed by atoms with van der Waals surface area (Å²) < 4.78 is 38.4. The van der Waals surface area contributed by atoms with E-state index in [9.17, 15) is 12.8 Å². The molecule has 1 aliphatic heterocycles. The van der Waals surface area contributed by atoms with Gasteiger partial charge in [0, 0.05) is 26.7 Å². The normalized spacial score (nSPS) is 15.3. The molecule has 6 nitrogen and oxygen atoms in total. The number of hydrogen-bond donors (Lipinski definition) is 2. The first-order chi connectivity index (χ1) is 14.5. The molecule has 0 spiro atoms. The number of nitrogens with zero attached hydrogens (tertiary/aromatic N) is 2. The van der Waals surface area contributed by atoms with Gasteiger partial charge in [-0.1, -0.05) is 36.4 Å². The van der Waals surface area contributed by atoms with Crippen LogP contribution in [0, 0.1) is 5.82 Å². The molecule has 0 amide bonds. The van der Waals surface area contributed by atoms with Gasteiger partial charge in [-0.2, -0.15) is 0 Å². The molecule has 0 atom stereocenters. The summed E-state index contributed by atoms with van der Waals surface area (Å²) in [6, 6.07) is 13.9. The molecule has 2 aromatic rings. The van der Waals surface area contributed by atoms with Crippen molar-refractivity contribution in [2.75, 3.05) is 32.4 Å². The van der Waals surface area contributed by atoms with Crippen LogP contribution in [-0.4, -0.2) is 51.7 Å². The van der Waals surface area contributed by atoms with Crippen molar-refractivity contribution in [1.82, 2.24) is 15.5 Å². The molecule has 2 N–H and O–H groups in total. The van der Waals surface area contributed by atoms with Gasteiger partial charge in [-0.25, -0.2) is 12.8 Å². The van der Waals surface area contributed by atoms with E-state index in [1.54, 1.807) is 7.05 Å². The number of likely N-dealkylation sites (tertiary alicyclic amines) is 1. The standard InChI is InChI=1S/C22H29FN4O2S/c1-24-22(25-12-15-30(28,29)21-7-3-2-6-20(21)23)26-16-18-8-10-19(11-9-18)17-27-13-4-5-14-27/h2-3,6-11H,4-5,12-17H2,1H3,(H2,24,25,26). The number of aliphatic imine (C=N–C) groups is 1. The summed E-state index contributed by atoms with van der Waals surface area (Å²) in [6.45, 7) is 4.05. The third kappa shape index (κ3) is 6.27. The Morgan fingerprint density at radius 2 is 1.70 bits per heavy atom. The molecule has 162 valence electrons. The fraction of sp³-hybridized carbons (Fsp3) is 0.409. The molecule has 0 radical (unpaired) electrons. The summed E-state index contributed by atoms with van der Waals surface area (Å²) in [5.41, 5.74) is 2.42. The topological polar surface area (TPSA) is 73.8 Å². The van der Waals surface area contributed by atoms with Crippen molar-refractivity contribution >= 4 is 15.8 Å². The molecule has 3 rings (SSSR count). The van der Waals surface area contributed by atoms with Gasteiger partial charge in [0.15, 0.2) is 15.8 Å². The van der Waals surface area contributed by atoms with E-state index in [0.29, 0.717) is 12.5 Å². The second kappa shape index (κ2) is 10.5. The fourth-order valence-corrected chi connectivity index (χ4v) is 4.72. The molecule has 0 aromatic heterocycles. The van der Waals surface area contributed by atoms with Gasteiger partial charge in [-0.3, -0.25) is 9.89 Å². The predicted octanol–water partition coefficient (Wildman–Crippen LogP) is 2.56. The van der Waals surface area contributed by atoms with Gasteiger partial charge in [0.2, 0.25) is 0 Å². The number of sulfone groups is 1. The minimum atomic E-state index is -3.70. The molecule has 0 unspecified atom stereocenters. The van der Waals surface area contributed by atoms with Crippen molar-refractivity contribution < 1.29 is 12.8 Å². The number of benzene rings is 2. The molecule has 1 aliphatic rings. The monoisotopic (exact) mass is 432 g/mol. The van der Waals surface area contributed by atoms with Gasteiger partial charge in [-0.05, 0) is 49.2 Å². The van der Waals surface area contributed by atoms with Crippen LogP contribution < -0.4 is 10.6 Å². The van der Waals surface area contributed by atoms with Crippen LogP contribution in [0.3, 0.4) is 0 Å². The Balaban J connectivity index is 1.45. The Bertz CT molecular complexity index is 955. The average molecular weight is 433 g/mol. The first-order valence-corrected chi connectivity index (χ1v) is 11.8. The molecular formula is C22H29FN4O2S. The fourth-order valence-electron chi connectivity index (χ4n) is 3.48. The number of halogens is 1. The lowest BCUT2D eigenvalue weighted by Crippen LogP contribution is -2.39. The van der Waals surface area contributed by atoms with Crippen molar-refractivity contribution in [2.45, 2.75) is 30.8 Å². The van der Waals surface area contributed by atoms with E-state index in [1.165, 1.54) is 49.7 Å². The Morgan fingerprint density at radius 1 is 1.03 bits per heavy atom. The minimum Gasteiger partial charge on any atom is -0.355 e. The zero-order chi connectivity index (χ0) is 21.4. The molecule has 1 saturated heterocycles. The minimum absolute atomic E-state index is 0.130. The van der Waals surface area contributed by atoms with Crippen LogP contribution in [0.4, 0.5) is 4.39 Å². The summed E-state index contributed by atoms with van der Waals surface area (Å²) in [5, 5.41) is 6.15. The van der Waals surface area contributed by atoms with Crippen molar-refractivity contribution in [3.63, 3.8) is 0 Å². The van der Waals surface area contributed by atoms with E-state index in [2.05, 4.69) is 44.8 Å². The Kier molecular flexibility index (Phi) is 7.81. The number of rotatable bonds is 8. The zero-order valence-corrected chi connectivity index (χ0v) is 18.1. The first kappa shape index (κ1) is 22.2. The van der Waals surface area contributed by atoms with E-state index in [4.69, 9.17) is 0 Å². The maximum atomic E-state index is 13.7. The van der Waals surface area contributed by atoms with Crippen molar-refractivity contribution in [1.29, 1.82) is 0 Å². The van der Waals surface area contributed by atoms with Crippen LogP contribution in [0.1, 0.15) is 24.0 Å². The van der Waals surface area contributed by atoms with E-state index in [-0.39, 0.29) is 17.2 Å². The number of nitrogens with one attached hydrogen (secondary N) is 2. The lowest BCUT2D eigenvalue weighted by atomic mass is 10.1. The number of hydrogen-bond acceptors (Lipinski definition) is 4. The SMILES string of the molecule is CN=C(NCCS(=O)(=O)c1ccccc1F)NCc1ccc(CN2CCCC2)cc1. The van der Waals surface area contributed by atoms with Crippen molar-refractivity contribution in [3.8, 4) is 0 Å². The maximum Gasteiger partial charge on any atom is 0.191 e. The van der Waals surface area contributed by atoms with Crippen molar-refractivity contribution in [2.24, 2.45) is 4.99 Å². The lowest BCUT2D eigenvalue weighted by Gasteiger charge is -2.15. The Hall–Kier alpha value is -2.45. The maximum absolute atomic E-state index is 13.7. The van der Waals surface area contributed by atoms with Gasteiger partial charge in [0.1, 0.15) is 10.7 Å². The van der Waals surface area contributed by atoms with Gasteiger partial charge in [0.25, 0.3) is 0 Å². The van der Waals surface area contributed by atoms with E-state index in [1.807, 2.05) is 0 Å². The van der Waals surface area contributed by atoms with E-state index in [0.717, 1.165) is 18.2 Å². The molecule has 0 aliphatic carbocycles. The summed E-state index contributed by atoms with van der Waals surface area (Å²) in [6.07, 6.45) is 2.57. The van der Waals surface area contributed by atoms with Crippen LogP contribution in [0.25, 0.3) is 0 Å². The van der Waals surface area contributed by atoms with Crippen molar-refractivity contribution in [3.05, 3.63) is 65.5 Å². The Morgan fingerprint density at radius 3 is 2.37 bits per heavy atom. The average Bonchev–Trinajstić information content (AvgIpc) is 3.25.